The molecule has 5 heteroatoms. The van der Waals surface area contributed by atoms with Gasteiger partial charge in [-0.05, 0) is 24.5 Å². The van der Waals surface area contributed by atoms with Gasteiger partial charge in [-0.2, -0.15) is 0 Å². The molecule has 2 aliphatic heterocycles. The first-order chi connectivity index (χ1) is 11.1. The Hall–Kier alpha value is -1.23. The Balaban J connectivity index is 2.34. The summed E-state index contributed by atoms with van der Waals surface area (Å²) in [6.45, 7) is 14.4. The summed E-state index contributed by atoms with van der Waals surface area (Å²) in [5, 5.41) is 0. The Morgan fingerprint density at radius 2 is 1.17 bits per heavy atom. The van der Waals surface area contributed by atoms with Crippen LogP contribution >= 0.6 is 11.8 Å². The molecular formula is C19H28O4S. The van der Waals surface area contributed by atoms with E-state index in [1.165, 1.54) is 0 Å². The minimum Gasteiger partial charge on any atom is -0.449 e. The molecule has 2 heterocycles. The first kappa shape index (κ1) is 17.6. The molecule has 134 valence electrons. The summed E-state index contributed by atoms with van der Waals surface area (Å²) in [6, 6.07) is 0. The zero-order valence-corrected chi connectivity index (χ0v) is 16.8. The third-order valence-electron chi connectivity index (χ3n) is 5.04. The molecule has 0 N–H and O–H groups in total. The van der Waals surface area contributed by atoms with Gasteiger partial charge in [-0.15, -0.1) is 11.8 Å². The summed E-state index contributed by atoms with van der Waals surface area (Å²) >= 11 is 1.61. The first-order valence-corrected chi connectivity index (χ1v) is 9.84. The van der Waals surface area contributed by atoms with Gasteiger partial charge in [0, 0.05) is 27.7 Å². The summed E-state index contributed by atoms with van der Waals surface area (Å²) in [4.78, 5) is 0.953. The smallest absolute Gasteiger partial charge is 0.246 e. The van der Waals surface area contributed by atoms with E-state index in [0.717, 1.165) is 46.3 Å². The second-order valence-corrected chi connectivity index (χ2v) is 8.52. The van der Waals surface area contributed by atoms with Crippen molar-refractivity contribution >= 4 is 11.8 Å². The van der Waals surface area contributed by atoms with Crippen LogP contribution in [0.4, 0.5) is 0 Å². The lowest BCUT2D eigenvalue weighted by atomic mass is 9.76. The lowest BCUT2D eigenvalue weighted by Crippen LogP contribution is -2.32. The van der Waals surface area contributed by atoms with Crippen LogP contribution in [0.25, 0.3) is 0 Å². The number of hydrogen-bond acceptors (Lipinski definition) is 5. The van der Waals surface area contributed by atoms with Gasteiger partial charge in [0.25, 0.3) is 0 Å². The average Bonchev–Trinajstić information content (AvgIpc) is 2.97. The molecule has 2 aliphatic rings. The van der Waals surface area contributed by atoms with Gasteiger partial charge in [-0.3, -0.25) is 0 Å². The Morgan fingerprint density at radius 1 is 0.792 bits per heavy atom. The number of hydrogen-bond donors (Lipinski definition) is 0. The maximum Gasteiger partial charge on any atom is 0.246 e. The van der Waals surface area contributed by atoms with Crippen molar-refractivity contribution in [2.45, 2.75) is 83.2 Å². The maximum absolute atomic E-state index is 6.24. The SMILES string of the molecule is CCC(C)(CC)c1c2c(c(SC)c3c1OC(C)(C)O3)OC(C)(C)O2. The molecule has 0 spiro atoms. The quantitative estimate of drug-likeness (QED) is 0.669. The van der Waals surface area contributed by atoms with E-state index in [4.69, 9.17) is 18.9 Å². The lowest BCUT2D eigenvalue weighted by molar-refractivity contribution is -0.0514. The van der Waals surface area contributed by atoms with Crippen LogP contribution in [-0.2, 0) is 5.41 Å². The standard InChI is InChI=1S/C19H28O4S/c1-9-19(7,10-2)11-12-14(22-17(3,4)20-12)16(24-8)15-13(11)21-18(5,6)23-15/h9-10H2,1-8H3. The highest BCUT2D eigenvalue weighted by Gasteiger charge is 2.48. The maximum atomic E-state index is 6.24. The van der Waals surface area contributed by atoms with Crippen LogP contribution in [-0.4, -0.2) is 17.8 Å². The second kappa shape index (κ2) is 5.38. The fourth-order valence-corrected chi connectivity index (χ4v) is 4.02. The number of fused-ring (bicyclic) bond motifs is 2. The largest absolute Gasteiger partial charge is 0.449 e. The van der Waals surface area contributed by atoms with Crippen molar-refractivity contribution in [3.8, 4) is 23.0 Å². The zero-order chi connectivity index (χ0) is 17.9. The van der Waals surface area contributed by atoms with Crippen LogP contribution in [0.2, 0.25) is 0 Å². The molecule has 0 radical (unpaired) electrons. The molecule has 3 rings (SSSR count). The van der Waals surface area contributed by atoms with Crippen molar-refractivity contribution in [3.63, 3.8) is 0 Å². The molecule has 0 atom stereocenters. The second-order valence-electron chi connectivity index (χ2n) is 7.70. The topological polar surface area (TPSA) is 36.9 Å². The predicted molar refractivity (Wildman–Crippen MR) is 96.8 cm³/mol. The van der Waals surface area contributed by atoms with Crippen LogP contribution in [0.3, 0.4) is 0 Å². The summed E-state index contributed by atoms with van der Waals surface area (Å²) in [5.74, 6) is 1.83. The van der Waals surface area contributed by atoms with Gasteiger partial charge < -0.3 is 18.9 Å². The van der Waals surface area contributed by atoms with Crippen molar-refractivity contribution in [1.82, 2.24) is 0 Å². The van der Waals surface area contributed by atoms with Gasteiger partial charge in [0.1, 0.15) is 0 Å². The van der Waals surface area contributed by atoms with E-state index >= 15 is 0 Å². The van der Waals surface area contributed by atoms with Crippen molar-refractivity contribution in [2.24, 2.45) is 0 Å². The number of ether oxygens (including phenoxy) is 4. The van der Waals surface area contributed by atoms with Crippen molar-refractivity contribution < 1.29 is 18.9 Å². The van der Waals surface area contributed by atoms with Crippen molar-refractivity contribution in [2.75, 3.05) is 6.26 Å². The summed E-state index contributed by atoms with van der Waals surface area (Å²) in [5.41, 5.74) is 1.00. The van der Waals surface area contributed by atoms with Crippen molar-refractivity contribution in [1.29, 1.82) is 0 Å². The van der Waals surface area contributed by atoms with Gasteiger partial charge in [0.05, 0.1) is 10.5 Å². The third-order valence-corrected chi connectivity index (χ3v) is 5.82. The minimum atomic E-state index is -0.686. The summed E-state index contributed by atoms with van der Waals surface area (Å²) in [6.07, 6.45) is 3.99. The molecule has 0 saturated carbocycles. The van der Waals surface area contributed by atoms with Crippen LogP contribution < -0.4 is 18.9 Å². The van der Waals surface area contributed by atoms with E-state index in [2.05, 4.69) is 20.8 Å². The summed E-state index contributed by atoms with van der Waals surface area (Å²) in [7, 11) is 0. The Kier molecular flexibility index (Phi) is 3.94. The number of benzene rings is 1. The molecule has 0 fully saturated rings. The minimum absolute atomic E-state index is 0.0708. The normalized spacial score (nSPS) is 19.7. The molecule has 0 saturated heterocycles. The lowest BCUT2D eigenvalue weighted by Gasteiger charge is -2.30. The van der Waals surface area contributed by atoms with Crippen LogP contribution in [0.15, 0.2) is 4.90 Å². The number of rotatable bonds is 4. The highest BCUT2D eigenvalue weighted by atomic mass is 32.2. The van der Waals surface area contributed by atoms with Crippen LogP contribution in [0, 0.1) is 0 Å². The number of thioether (sulfide) groups is 1. The third kappa shape index (κ3) is 2.52. The highest BCUT2D eigenvalue weighted by Crippen LogP contribution is 2.62. The van der Waals surface area contributed by atoms with E-state index in [1.807, 2.05) is 34.0 Å². The molecule has 0 bridgehead atoms. The fraction of sp³-hybridized carbons (Fsp3) is 0.684. The van der Waals surface area contributed by atoms with E-state index in [1.54, 1.807) is 11.8 Å². The van der Waals surface area contributed by atoms with Gasteiger partial charge in [0.15, 0.2) is 23.0 Å². The zero-order valence-electron chi connectivity index (χ0n) is 16.0. The molecule has 24 heavy (non-hydrogen) atoms. The van der Waals surface area contributed by atoms with Gasteiger partial charge in [-0.25, -0.2) is 0 Å². The molecular weight excluding hydrogens is 324 g/mol. The van der Waals surface area contributed by atoms with Crippen molar-refractivity contribution in [3.05, 3.63) is 5.56 Å². The molecule has 4 nitrogen and oxygen atoms in total. The molecule has 0 unspecified atom stereocenters. The average molecular weight is 352 g/mol. The summed E-state index contributed by atoms with van der Waals surface area (Å²) < 4.78 is 24.8. The Labute approximate surface area is 149 Å². The van der Waals surface area contributed by atoms with Gasteiger partial charge in [-0.1, -0.05) is 20.8 Å². The molecule has 0 aromatic heterocycles. The van der Waals surface area contributed by atoms with E-state index in [0.29, 0.717) is 0 Å². The van der Waals surface area contributed by atoms with E-state index in [9.17, 15) is 0 Å². The highest BCUT2D eigenvalue weighted by molar-refractivity contribution is 7.98. The monoisotopic (exact) mass is 352 g/mol. The first-order valence-electron chi connectivity index (χ1n) is 8.62. The molecule has 1 aromatic carbocycles. The van der Waals surface area contributed by atoms with E-state index in [-0.39, 0.29) is 5.41 Å². The molecule has 0 aliphatic carbocycles. The van der Waals surface area contributed by atoms with Crippen LogP contribution in [0.5, 0.6) is 23.0 Å². The Morgan fingerprint density at radius 3 is 1.50 bits per heavy atom. The van der Waals surface area contributed by atoms with E-state index < -0.39 is 11.6 Å². The predicted octanol–water partition coefficient (Wildman–Crippen LogP) is 5.50. The molecule has 1 aromatic rings. The Bertz CT molecular complexity index is 629. The van der Waals surface area contributed by atoms with Crippen LogP contribution in [0.1, 0.15) is 66.9 Å². The van der Waals surface area contributed by atoms with Gasteiger partial charge >= 0.3 is 0 Å². The van der Waals surface area contributed by atoms with Gasteiger partial charge in [0.2, 0.25) is 11.6 Å². The molecule has 0 amide bonds. The fourth-order valence-electron chi connectivity index (χ4n) is 3.38.